The smallest absolute Gasteiger partial charge is 0.313 e. The first-order chi connectivity index (χ1) is 12.0. The first-order valence-electron chi connectivity index (χ1n) is 9.29. The van der Waals surface area contributed by atoms with Gasteiger partial charge in [0.05, 0.1) is 11.9 Å². The number of amides is 2. The maximum Gasteiger partial charge on any atom is 0.313 e. The molecule has 0 radical (unpaired) electrons. The Balaban J connectivity index is 1.49. The molecule has 6 nitrogen and oxygen atoms in total. The monoisotopic (exact) mass is 344 g/mol. The van der Waals surface area contributed by atoms with E-state index in [-0.39, 0.29) is 0 Å². The number of pyridine rings is 1. The number of hydrogen-bond acceptors (Lipinski definition) is 4. The van der Waals surface area contributed by atoms with Crippen LogP contribution < -0.4 is 5.32 Å². The maximum atomic E-state index is 12.4. The van der Waals surface area contributed by atoms with E-state index >= 15 is 0 Å². The van der Waals surface area contributed by atoms with Gasteiger partial charge in [0.2, 0.25) is 0 Å². The minimum Gasteiger partial charge on any atom is -0.332 e. The minimum atomic E-state index is -0.573. The Bertz CT molecular complexity index is 618. The Morgan fingerprint density at radius 3 is 2.44 bits per heavy atom. The first kappa shape index (κ1) is 17.9. The summed E-state index contributed by atoms with van der Waals surface area (Å²) in [5, 5.41) is 2.68. The van der Waals surface area contributed by atoms with Crippen molar-refractivity contribution >= 4 is 17.5 Å². The Morgan fingerprint density at radius 2 is 1.80 bits per heavy atom. The molecule has 1 aromatic heterocycles. The molecule has 25 heavy (non-hydrogen) atoms. The number of rotatable bonds is 2. The van der Waals surface area contributed by atoms with Crippen molar-refractivity contribution < 1.29 is 9.59 Å². The zero-order valence-corrected chi connectivity index (χ0v) is 15.2. The summed E-state index contributed by atoms with van der Waals surface area (Å²) in [6.07, 6.45) is 8.36. The van der Waals surface area contributed by atoms with Crippen LogP contribution in [0.5, 0.6) is 0 Å². The molecule has 1 N–H and O–H groups in total. The molecule has 136 valence electrons. The van der Waals surface area contributed by atoms with Crippen LogP contribution in [0.1, 0.15) is 38.2 Å². The van der Waals surface area contributed by atoms with E-state index in [9.17, 15) is 9.59 Å². The van der Waals surface area contributed by atoms with Crippen LogP contribution in [-0.2, 0) is 9.59 Å². The standard InChI is InChI=1S/C19H28N4O2/c1-14-3-5-16(6-4-14)22-9-11-23(12-10-22)19(25)18(24)21-17-13-20-8-7-15(17)2/h7-8,13-14,16H,3-6,9-12H2,1-2H3,(H,21,24). The molecule has 1 aliphatic carbocycles. The second-order valence-corrected chi connectivity index (χ2v) is 7.39. The van der Waals surface area contributed by atoms with Gasteiger partial charge >= 0.3 is 11.8 Å². The van der Waals surface area contributed by atoms with E-state index in [4.69, 9.17) is 0 Å². The predicted molar refractivity (Wildman–Crippen MR) is 97.2 cm³/mol. The number of piperazine rings is 1. The molecule has 2 fully saturated rings. The van der Waals surface area contributed by atoms with Gasteiger partial charge in [-0.05, 0) is 50.2 Å². The molecule has 1 saturated heterocycles. The summed E-state index contributed by atoms with van der Waals surface area (Å²) in [5.74, 6) is -0.171. The lowest BCUT2D eigenvalue weighted by Crippen LogP contribution is -2.54. The summed E-state index contributed by atoms with van der Waals surface area (Å²) in [7, 11) is 0. The molecule has 0 atom stereocenters. The van der Waals surface area contributed by atoms with Gasteiger partial charge < -0.3 is 10.2 Å². The van der Waals surface area contributed by atoms with E-state index in [0.717, 1.165) is 24.6 Å². The molecular weight excluding hydrogens is 316 g/mol. The van der Waals surface area contributed by atoms with Crippen molar-refractivity contribution in [2.75, 3.05) is 31.5 Å². The molecule has 2 amide bonds. The average molecular weight is 344 g/mol. The third kappa shape index (κ3) is 4.37. The van der Waals surface area contributed by atoms with Gasteiger partial charge in [-0.1, -0.05) is 6.92 Å². The molecule has 1 aliphatic heterocycles. The topological polar surface area (TPSA) is 65.5 Å². The summed E-state index contributed by atoms with van der Waals surface area (Å²) in [6.45, 7) is 7.20. The number of carbonyl (C=O) groups is 2. The molecule has 3 rings (SSSR count). The lowest BCUT2D eigenvalue weighted by atomic mass is 9.86. The van der Waals surface area contributed by atoms with Gasteiger partial charge in [0.1, 0.15) is 0 Å². The highest BCUT2D eigenvalue weighted by molar-refractivity contribution is 6.39. The van der Waals surface area contributed by atoms with Gasteiger partial charge in [-0.15, -0.1) is 0 Å². The Morgan fingerprint density at radius 1 is 1.12 bits per heavy atom. The maximum absolute atomic E-state index is 12.4. The quantitative estimate of drug-likeness (QED) is 0.834. The fourth-order valence-electron chi connectivity index (χ4n) is 3.81. The number of carbonyl (C=O) groups excluding carboxylic acids is 2. The van der Waals surface area contributed by atoms with Crippen LogP contribution in [0.15, 0.2) is 18.5 Å². The second-order valence-electron chi connectivity index (χ2n) is 7.39. The highest BCUT2D eigenvalue weighted by Gasteiger charge is 2.30. The molecule has 1 saturated carbocycles. The summed E-state index contributed by atoms with van der Waals surface area (Å²) < 4.78 is 0. The van der Waals surface area contributed by atoms with Crippen LogP contribution in [0, 0.1) is 12.8 Å². The first-order valence-corrected chi connectivity index (χ1v) is 9.29. The largest absolute Gasteiger partial charge is 0.332 e. The lowest BCUT2D eigenvalue weighted by Gasteiger charge is -2.41. The third-order valence-corrected chi connectivity index (χ3v) is 5.58. The number of hydrogen-bond donors (Lipinski definition) is 1. The number of anilines is 1. The van der Waals surface area contributed by atoms with Gasteiger partial charge in [-0.3, -0.25) is 19.5 Å². The van der Waals surface area contributed by atoms with Gasteiger partial charge in [0.25, 0.3) is 0 Å². The van der Waals surface area contributed by atoms with Crippen LogP contribution in [0.4, 0.5) is 5.69 Å². The zero-order valence-electron chi connectivity index (χ0n) is 15.2. The highest BCUT2D eigenvalue weighted by atomic mass is 16.2. The second kappa shape index (κ2) is 7.95. The van der Waals surface area contributed by atoms with Crippen molar-refractivity contribution in [1.29, 1.82) is 0 Å². The molecule has 0 spiro atoms. The van der Waals surface area contributed by atoms with Gasteiger partial charge in [0.15, 0.2) is 0 Å². The normalized spacial score (nSPS) is 24.8. The van der Waals surface area contributed by atoms with Crippen molar-refractivity contribution in [1.82, 2.24) is 14.8 Å². The van der Waals surface area contributed by atoms with Crippen LogP contribution in [-0.4, -0.2) is 58.8 Å². The van der Waals surface area contributed by atoms with Crippen molar-refractivity contribution in [2.45, 2.75) is 45.6 Å². The van der Waals surface area contributed by atoms with Crippen LogP contribution in [0.3, 0.4) is 0 Å². The van der Waals surface area contributed by atoms with E-state index in [1.165, 1.54) is 25.7 Å². The summed E-state index contributed by atoms with van der Waals surface area (Å²) in [6, 6.07) is 2.46. The van der Waals surface area contributed by atoms with E-state index in [2.05, 4.69) is 22.1 Å². The summed E-state index contributed by atoms with van der Waals surface area (Å²) in [5.41, 5.74) is 1.49. The molecule has 6 heteroatoms. The Kier molecular flexibility index (Phi) is 5.68. The van der Waals surface area contributed by atoms with Gasteiger partial charge in [0, 0.05) is 38.4 Å². The van der Waals surface area contributed by atoms with Gasteiger partial charge in [-0.2, -0.15) is 0 Å². The Hall–Kier alpha value is -1.95. The zero-order chi connectivity index (χ0) is 17.8. The van der Waals surface area contributed by atoms with Crippen LogP contribution in [0.2, 0.25) is 0 Å². The number of aromatic nitrogens is 1. The molecule has 0 bridgehead atoms. The lowest BCUT2D eigenvalue weighted by molar-refractivity contribution is -0.144. The molecule has 2 aliphatic rings. The van der Waals surface area contributed by atoms with E-state index in [1.54, 1.807) is 17.3 Å². The molecule has 0 unspecified atom stereocenters. The highest BCUT2D eigenvalue weighted by Crippen LogP contribution is 2.27. The summed E-state index contributed by atoms with van der Waals surface area (Å²) in [4.78, 5) is 32.8. The molecular formula is C19H28N4O2. The number of nitrogens with one attached hydrogen (secondary N) is 1. The summed E-state index contributed by atoms with van der Waals surface area (Å²) >= 11 is 0. The van der Waals surface area contributed by atoms with Crippen molar-refractivity contribution in [3.8, 4) is 0 Å². The van der Waals surface area contributed by atoms with E-state index < -0.39 is 11.8 Å². The van der Waals surface area contributed by atoms with Crippen molar-refractivity contribution in [3.05, 3.63) is 24.0 Å². The van der Waals surface area contributed by atoms with Crippen LogP contribution >= 0.6 is 0 Å². The number of aryl methyl sites for hydroxylation is 1. The van der Waals surface area contributed by atoms with Crippen molar-refractivity contribution in [3.63, 3.8) is 0 Å². The molecule has 2 heterocycles. The Labute approximate surface area is 149 Å². The predicted octanol–water partition coefficient (Wildman–Crippen LogP) is 2.05. The fourth-order valence-corrected chi connectivity index (χ4v) is 3.81. The minimum absolute atomic E-state index is 0.444. The van der Waals surface area contributed by atoms with Gasteiger partial charge in [-0.25, -0.2) is 0 Å². The van der Waals surface area contributed by atoms with Crippen LogP contribution in [0.25, 0.3) is 0 Å². The molecule has 1 aromatic rings. The fraction of sp³-hybridized carbons (Fsp3) is 0.632. The number of nitrogens with zero attached hydrogens (tertiary/aromatic N) is 3. The van der Waals surface area contributed by atoms with E-state index in [1.807, 2.05) is 13.0 Å². The molecule has 0 aromatic carbocycles. The van der Waals surface area contributed by atoms with Crippen molar-refractivity contribution in [2.24, 2.45) is 5.92 Å². The average Bonchev–Trinajstić information content (AvgIpc) is 2.64. The SMILES string of the molecule is Cc1ccncc1NC(=O)C(=O)N1CCN(C2CCC(C)CC2)CC1. The third-order valence-electron chi connectivity index (χ3n) is 5.58. The van der Waals surface area contributed by atoms with E-state index in [0.29, 0.717) is 24.8 Å².